The zero-order valence-electron chi connectivity index (χ0n) is 26.0. The van der Waals surface area contributed by atoms with E-state index >= 15 is 0 Å². The van der Waals surface area contributed by atoms with Gasteiger partial charge >= 0.3 is 5.97 Å². The van der Waals surface area contributed by atoms with Gasteiger partial charge in [0.1, 0.15) is 0 Å². The Hall–Kier alpha value is -1.83. The Labute approximate surface area is 173 Å². The Bertz CT molecular complexity index is 1040. The second kappa shape index (κ2) is 10.4. The quantitative estimate of drug-likeness (QED) is 0.592. The van der Waals surface area contributed by atoms with Crippen LogP contribution in [0.2, 0.25) is 0 Å². The SMILES string of the molecule is [2H]c1c([2H])c([2H])c(C(O)(C(=O)OCC#CC([2H])([2H])N(C([2H])([2H])C)C([2H])([2H])C)C2CCCCC2)c([2H])c1[2H]. The fourth-order valence-electron chi connectivity index (χ4n) is 3.00. The number of hydrogen-bond acceptors (Lipinski definition) is 4. The second-order valence-corrected chi connectivity index (χ2v) is 5.87. The predicted molar refractivity (Wildman–Crippen MR) is 103 cm³/mol. The minimum atomic E-state index is -2.81. The number of esters is 1. The van der Waals surface area contributed by atoms with Gasteiger partial charge in [0, 0.05) is 11.4 Å². The Morgan fingerprint density at radius 2 is 1.92 bits per heavy atom. The Morgan fingerprint density at radius 1 is 1.27 bits per heavy atom. The number of benzene rings is 1. The van der Waals surface area contributed by atoms with Gasteiger partial charge < -0.3 is 9.84 Å². The lowest BCUT2D eigenvalue weighted by Gasteiger charge is -2.36. The number of rotatable bonds is 7. The third-order valence-electron chi connectivity index (χ3n) is 4.37. The molecule has 4 heteroatoms. The lowest BCUT2D eigenvalue weighted by molar-refractivity contribution is -0.174. The van der Waals surface area contributed by atoms with Gasteiger partial charge in [-0.15, -0.1) is 0 Å². The summed E-state index contributed by atoms with van der Waals surface area (Å²) in [7, 11) is 0. The zero-order valence-corrected chi connectivity index (χ0v) is 15.0. The molecule has 0 radical (unpaired) electrons. The van der Waals surface area contributed by atoms with Gasteiger partial charge in [-0.1, -0.05) is 75.2 Å². The summed E-state index contributed by atoms with van der Waals surface area (Å²) >= 11 is 0. The van der Waals surface area contributed by atoms with Crippen molar-refractivity contribution in [3.8, 4) is 11.8 Å². The van der Waals surface area contributed by atoms with E-state index in [9.17, 15) is 9.90 Å². The van der Waals surface area contributed by atoms with Crippen molar-refractivity contribution in [3.63, 3.8) is 0 Å². The maximum absolute atomic E-state index is 13.3. The third kappa shape index (κ3) is 5.09. The molecule has 142 valence electrons. The third-order valence-corrected chi connectivity index (χ3v) is 4.37. The highest BCUT2D eigenvalue weighted by Gasteiger charge is 2.46. The monoisotopic (exact) mass is 368 g/mol. The van der Waals surface area contributed by atoms with E-state index in [0.29, 0.717) is 25.7 Å². The van der Waals surface area contributed by atoms with E-state index in [2.05, 4.69) is 11.8 Å². The van der Waals surface area contributed by atoms with Crippen LogP contribution in [0.15, 0.2) is 30.2 Å². The summed E-state index contributed by atoms with van der Waals surface area (Å²) in [6, 6.07) is -3.57. The molecular formula is C22H31NO3. The smallest absolute Gasteiger partial charge is 0.344 e. The minimum absolute atomic E-state index is 0.285. The normalized spacial score (nSPS) is 25.0. The molecule has 0 heterocycles. The number of hydrogen-bond donors (Lipinski definition) is 1. The molecular weight excluding hydrogens is 326 g/mol. The molecule has 0 saturated heterocycles. The summed E-state index contributed by atoms with van der Waals surface area (Å²) in [5.74, 6) is 2.17. The van der Waals surface area contributed by atoms with Crippen molar-refractivity contribution in [2.75, 3.05) is 26.1 Å². The minimum Gasteiger partial charge on any atom is -0.450 e. The van der Waals surface area contributed by atoms with Crippen molar-refractivity contribution < 1.29 is 29.7 Å². The van der Waals surface area contributed by atoms with E-state index in [1.165, 1.54) is 0 Å². The number of carbonyl (C=O) groups excluding carboxylic acids is 1. The standard InChI is InChI=1S/C22H31NO3/c1-3-23(4-2)17-11-12-18-26-21(24)22(25,19-13-7-5-8-14-19)20-15-9-6-10-16-20/h5,7-8,13-14,20,25H,3-4,6,9-10,15-18H2,1-2H3/i3D2,4D2,5D,7D,8D,13D,14D,17D2. The molecule has 2 rings (SSSR count). The van der Waals surface area contributed by atoms with Gasteiger partial charge in [0.25, 0.3) is 0 Å². The lowest BCUT2D eigenvalue weighted by Crippen LogP contribution is -2.45. The van der Waals surface area contributed by atoms with Gasteiger partial charge in [-0.05, 0) is 31.4 Å². The Balaban J connectivity index is 2.45. The molecule has 1 unspecified atom stereocenters. The van der Waals surface area contributed by atoms with Gasteiger partial charge in [-0.3, -0.25) is 4.90 Å². The molecule has 1 aliphatic rings. The molecule has 0 aliphatic heterocycles. The number of ether oxygens (including phenoxy) is 1. The van der Waals surface area contributed by atoms with Crippen molar-refractivity contribution in [2.45, 2.75) is 51.6 Å². The number of nitrogens with zero attached hydrogens (tertiary/aromatic N) is 1. The van der Waals surface area contributed by atoms with Gasteiger partial charge in [0.15, 0.2) is 12.2 Å². The van der Waals surface area contributed by atoms with E-state index < -0.39 is 79.4 Å². The van der Waals surface area contributed by atoms with Gasteiger partial charge in [-0.25, -0.2) is 4.79 Å². The predicted octanol–water partition coefficient (Wildman–Crippen LogP) is 3.34. The number of carbonyl (C=O) groups is 1. The highest BCUT2D eigenvalue weighted by atomic mass is 16.5. The van der Waals surface area contributed by atoms with E-state index in [1.807, 2.05) is 0 Å². The molecule has 1 aromatic rings. The van der Waals surface area contributed by atoms with Gasteiger partial charge in [0.05, 0.1) is 16.1 Å². The average Bonchev–Trinajstić information content (AvgIpc) is 2.77. The fourth-order valence-corrected chi connectivity index (χ4v) is 3.00. The van der Waals surface area contributed by atoms with Crippen LogP contribution in [0, 0.1) is 17.8 Å². The van der Waals surface area contributed by atoms with E-state index in [-0.39, 0.29) is 4.90 Å². The van der Waals surface area contributed by atoms with Crippen molar-refractivity contribution >= 4 is 5.97 Å². The average molecular weight is 369 g/mol. The molecule has 1 atom stereocenters. The summed E-state index contributed by atoms with van der Waals surface area (Å²) in [6.07, 6.45) is 2.82. The van der Waals surface area contributed by atoms with Crippen molar-refractivity contribution in [3.05, 3.63) is 35.8 Å². The first-order chi connectivity index (χ1) is 16.8. The molecule has 0 amide bonds. The molecule has 26 heavy (non-hydrogen) atoms. The van der Waals surface area contributed by atoms with Crippen molar-refractivity contribution in [2.24, 2.45) is 5.92 Å². The van der Waals surface area contributed by atoms with Crippen LogP contribution in [-0.2, 0) is 15.1 Å². The van der Waals surface area contributed by atoms with E-state index in [0.717, 1.165) is 20.3 Å². The molecule has 0 bridgehead atoms. The van der Waals surface area contributed by atoms with Crippen LogP contribution in [0.1, 0.15) is 66.6 Å². The Morgan fingerprint density at radius 3 is 2.54 bits per heavy atom. The summed E-state index contributed by atoms with van der Waals surface area (Å²) in [4.78, 5) is 13.5. The van der Waals surface area contributed by atoms with Crippen LogP contribution >= 0.6 is 0 Å². The van der Waals surface area contributed by atoms with Crippen molar-refractivity contribution in [1.29, 1.82) is 0 Å². The highest BCUT2D eigenvalue weighted by Crippen LogP contribution is 2.40. The highest BCUT2D eigenvalue weighted by molar-refractivity contribution is 5.81. The van der Waals surface area contributed by atoms with Crippen LogP contribution in [0.4, 0.5) is 0 Å². The molecule has 1 fully saturated rings. The largest absolute Gasteiger partial charge is 0.450 e. The van der Waals surface area contributed by atoms with Crippen LogP contribution in [0.3, 0.4) is 0 Å². The summed E-state index contributed by atoms with van der Waals surface area (Å²) in [5.41, 5.74) is -3.18. The summed E-state index contributed by atoms with van der Waals surface area (Å²) in [6.45, 7) is -6.52. The topological polar surface area (TPSA) is 49.8 Å². The van der Waals surface area contributed by atoms with Crippen LogP contribution in [-0.4, -0.2) is 42.1 Å². The summed E-state index contributed by atoms with van der Waals surface area (Å²) in [5, 5.41) is 11.7. The van der Waals surface area contributed by atoms with Gasteiger partial charge in [0.2, 0.25) is 0 Å². The van der Waals surface area contributed by atoms with Crippen LogP contribution in [0.5, 0.6) is 0 Å². The van der Waals surface area contributed by atoms with Crippen LogP contribution < -0.4 is 0 Å². The fraction of sp³-hybridized carbons (Fsp3) is 0.591. The van der Waals surface area contributed by atoms with Crippen molar-refractivity contribution in [1.82, 2.24) is 4.90 Å². The molecule has 0 spiro atoms. The second-order valence-electron chi connectivity index (χ2n) is 5.87. The first-order valence-corrected chi connectivity index (χ1v) is 8.55. The van der Waals surface area contributed by atoms with E-state index in [4.69, 9.17) is 19.8 Å². The van der Waals surface area contributed by atoms with Gasteiger partial charge in [-0.2, -0.15) is 0 Å². The molecule has 1 N–H and O–H groups in total. The molecule has 1 aliphatic carbocycles. The molecule has 1 saturated carbocycles. The van der Waals surface area contributed by atoms with E-state index in [1.54, 1.807) is 0 Å². The Kier molecular flexibility index (Phi) is 3.95. The maximum Gasteiger partial charge on any atom is 0.344 e. The molecule has 0 aromatic heterocycles. The van der Waals surface area contributed by atoms with Crippen LogP contribution in [0.25, 0.3) is 0 Å². The summed E-state index contributed by atoms with van der Waals surface area (Å²) < 4.78 is 92.6. The molecule has 1 aromatic carbocycles. The number of aliphatic hydroxyl groups is 1. The zero-order chi connectivity index (χ0) is 28.6. The molecule has 4 nitrogen and oxygen atoms in total. The maximum atomic E-state index is 13.3. The first kappa shape index (κ1) is 9.92. The lowest BCUT2D eigenvalue weighted by atomic mass is 9.73. The first-order valence-electron chi connectivity index (χ1n) is 14.1.